The van der Waals surface area contributed by atoms with Gasteiger partial charge in [0.25, 0.3) is 5.91 Å². The summed E-state index contributed by atoms with van der Waals surface area (Å²) in [5, 5.41) is 3.21. The summed E-state index contributed by atoms with van der Waals surface area (Å²) in [7, 11) is -3.70. The number of hydrogen-bond donors (Lipinski definition) is 1. The molecule has 0 aromatic heterocycles. The van der Waals surface area contributed by atoms with Gasteiger partial charge in [-0.15, -0.1) is 0 Å². The number of aryl methyl sites for hydroxylation is 1. The first-order chi connectivity index (χ1) is 15.2. The number of piperidine rings is 1. The van der Waals surface area contributed by atoms with Crippen LogP contribution >= 0.6 is 11.6 Å². The van der Waals surface area contributed by atoms with Crippen LogP contribution in [-0.4, -0.2) is 43.8 Å². The second kappa shape index (κ2) is 10.5. The van der Waals surface area contributed by atoms with Gasteiger partial charge < -0.3 is 10.1 Å². The summed E-state index contributed by atoms with van der Waals surface area (Å²) in [4.78, 5) is 25.1. The third kappa shape index (κ3) is 5.68. The number of benzene rings is 2. The zero-order valence-electron chi connectivity index (χ0n) is 18.1. The van der Waals surface area contributed by atoms with Crippen LogP contribution in [-0.2, 0) is 26.1 Å². The highest BCUT2D eigenvalue weighted by atomic mass is 35.5. The van der Waals surface area contributed by atoms with Gasteiger partial charge in [-0.2, -0.15) is 4.31 Å². The Labute approximate surface area is 193 Å². The van der Waals surface area contributed by atoms with Crippen LogP contribution in [0.25, 0.3) is 0 Å². The number of carbonyl (C=O) groups excluding carboxylic acids is 2. The Morgan fingerprint density at radius 3 is 2.50 bits per heavy atom. The van der Waals surface area contributed by atoms with E-state index < -0.39 is 28.0 Å². The van der Waals surface area contributed by atoms with Crippen molar-refractivity contribution < 1.29 is 22.7 Å². The summed E-state index contributed by atoms with van der Waals surface area (Å²) in [5.74, 6) is -1.24. The maximum absolute atomic E-state index is 13.1. The molecule has 7 nitrogen and oxygen atoms in total. The van der Waals surface area contributed by atoms with Crippen molar-refractivity contribution in [2.45, 2.75) is 50.7 Å². The zero-order valence-corrected chi connectivity index (χ0v) is 19.7. The summed E-state index contributed by atoms with van der Waals surface area (Å²) in [5.41, 5.74) is 1.38. The average Bonchev–Trinajstić information content (AvgIpc) is 2.79. The molecule has 1 atom stereocenters. The molecule has 1 heterocycles. The molecule has 1 fully saturated rings. The van der Waals surface area contributed by atoms with Crippen LogP contribution < -0.4 is 5.32 Å². The highest BCUT2D eigenvalue weighted by Crippen LogP contribution is 2.25. The summed E-state index contributed by atoms with van der Waals surface area (Å²) in [6.07, 6.45) is 1.59. The number of ether oxygens (including phenoxy) is 1. The molecule has 32 heavy (non-hydrogen) atoms. The Bertz CT molecular complexity index is 1100. The first-order valence-corrected chi connectivity index (χ1v) is 12.3. The van der Waals surface area contributed by atoms with Gasteiger partial charge in [0.15, 0.2) is 6.10 Å². The molecule has 9 heteroatoms. The Hall–Kier alpha value is -2.42. The quantitative estimate of drug-likeness (QED) is 0.613. The van der Waals surface area contributed by atoms with E-state index in [1.807, 2.05) is 6.07 Å². The Morgan fingerprint density at radius 2 is 1.81 bits per heavy atom. The first kappa shape index (κ1) is 24.2. The van der Waals surface area contributed by atoms with Gasteiger partial charge in [-0.25, -0.2) is 13.2 Å². The van der Waals surface area contributed by atoms with Crippen LogP contribution in [0.3, 0.4) is 0 Å². The topological polar surface area (TPSA) is 92.8 Å². The van der Waals surface area contributed by atoms with E-state index in [-0.39, 0.29) is 17.0 Å². The van der Waals surface area contributed by atoms with E-state index in [0.717, 1.165) is 24.8 Å². The fraction of sp³-hybridized carbons (Fsp3) is 0.391. The van der Waals surface area contributed by atoms with Gasteiger partial charge in [-0.1, -0.05) is 42.3 Å². The lowest BCUT2D eigenvalue weighted by molar-refractivity contribution is -0.129. The van der Waals surface area contributed by atoms with Crippen LogP contribution in [0.15, 0.2) is 47.4 Å². The number of amides is 1. The van der Waals surface area contributed by atoms with Crippen LogP contribution in [0.5, 0.6) is 0 Å². The molecule has 2 aromatic rings. The van der Waals surface area contributed by atoms with Crippen molar-refractivity contribution in [3.63, 3.8) is 0 Å². The number of sulfonamides is 1. The van der Waals surface area contributed by atoms with E-state index in [0.29, 0.717) is 23.7 Å². The highest BCUT2D eigenvalue weighted by Gasteiger charge is 2.28. The van der Waals surface area contributed by atoms with Crippen molar-refractivity contribution in [2.75, 3.05) is 13.1 Å². The van der Waals surface area contributed by atoms with Crippen LogP contribution in [0, 0.1) is 6.92 Å². The molecule has 2 aromatic carbocycles. The molecular weight excluding hydrogens is 452 g/mol. The second-order valence-corrected chi connectivity index (χ2v) is 10.1. The summed E-state index contributed by atoms with van der Waals surface area (Å²) in [6, 6.07) is 11.5. The number of nitrogens with one attached hydrogen (secondary N) is 1. The molecule has 0 spiro atoms. The number of esters is 1. The number of carbonyl (C=O) groups is 2. The average molecular weight is 479 g/mol. The van der Waals surface area contributed by atoms with Crippen molar-refractivity contribution in [3.8, 4) is 0 Å². The van der Waals surface area contributed by atoms with E-state index >= 15 is 0 Å². The van der Waals surface area contributed by atoms with Crippen molar-refractivity contribution >= 4 is 33.5 Å². The Balaban J connectivity index is 1.67. The minimum Gasteiger partial charge on any atom is -0.449 e. The largest absolute Gasteiger partial charge is 0.449 e. The lowest BCUT2D eigenvalue weighted by atomic mass is 10.1. The van der Waals surface area contributed by atoms with Crippen molar-refractivity contribution in [3.05, 3.63) is 64.2 Å². The van der Waals surface area contributed by atoms with Gasteiger partial charge in [0, 0.05) is 24.7 Å². The predicted molar refractivity (Wildman–Crippen MR) is 122 cm³/mol. The van der Waals surface area contributed by atoms with Gasteiger partial charge in [0.05, 0.1) is 10.5 Å². The van der Waals surface area contributed by atoms with E-state index in [1.165, 1.54) is 23.4 Å². The number of rotatable bonds is 7. The smallest absolute Gasteiger partial charge is 0.338 e. The SMILES string of the molecule is Cc1ccc(C(=O)OC(C)C(=O)NCc2ccccc2Cl)cc1S(=O)(=O)N1CCCCC1. The normalized spacial score (nSPS) is 15.7. The molecule has 1 aliphatic rings. The van der Waals surface area contributed by atoms with Crippen molar-refractivity contribution in [2.24, 2.45) is 0 Å². The molecule has 1 aliphatic heterocycles. The monoisotopic (exact) mass is 478 g/mol. The van der Waals surface area contributed by atoms with Gasteiger partial charge >= 0.3 is 5.97 Å². The van der Waals surface area contributed by atoms with Crippen LogP contribution in [0.2, 0.25) is 5.02 Å². The Morgan fingerprint density at radius 1 is 1.12 bits per heavy atom. The third-order valence-electron chi connectivity index (χ3n) is 5.42. The van der Waals surface area contributed by atoms with E-state index in [4.69, 9.17) is 16.3 Å². The van der Waals surface area contributed by atoms with E-state index in [2.05, 4.69) is 5.32 Å². The molecular formula is C23H27ClN2O5S. The fourth-order valence-corrected chi connectivity index (χ4v) is 5.47. The van der Waals surface area contributed by atoms with Gasteiger partial charge in [-0.05, 0) is 56.0 Å². The molecule has 1 unspecified atom stereocenters. The lowest BCUT2D eigenvalue weighted by Gasteiger charge is -2.26. The number of halogens is 1. The van der Waals surface area contributed by atoms with E-state index in [1.54, 1.807) is 31.2 Å². The van der Waals surface area contributed by atoms with Crippen molar-refractivity contribution in [1.82, 2.24) is 9.62 Å². The molecule has 1 N–H and O–H groups in total. The molecule has 172 valence electrons. The molecule has 1 amide bonds. The first-order valence-electron chi connectivity index (χ1n) is 10.5. The standard InChI is InChI=1S/C23H27ClN2O5S/c1-16-10-11-18(14-21(16)32(29,30)26-12-6-3-7-13-26)23(28)31-17(2)22(27)25-15-19-8-4-5-9-20(19)24/h4-5,8-11,14,17H,3,6-7,12-13,15H2,1-2H3,(H,25,27). The van der Waals surface area contributed by atoms with Crippen LogP contribution in [0.4, 0.5) is 0 Å². The highest BCUT2D eigenvalue weighted by molar-refractivity contribution is 7.89. The number of nitrogens with zero attached hydrogens (tertiary/aromatic N) is 1. The fourth-order valence-electron chi connectivity index (χ4n) is 3.50. The molecule has 1 saturated heterocycles. The molecule has 3 rings (SSSR count). The number of hydrogen-bond acceptors (Lipinski definition) is 5. The van der Waals surface area contributed by atoms with Gasteiger partial charge in [0.2, 0.25) is 10.0 Å². The minimum atomic E-state index is -3.70. The van der Waals surface area contributed by atoms with Crippen molar-refractivity contribution in [1.29, 1.82) is 0 Å². The molecule has 0 radical (unpaired) electrons. The third-order valence-corrected chi connectivity index (χ3v) is 7.83. The maximum Gasteiger partial charge on any atom is 0.338 e. The predicted octanol–water partition coefficient (Wildman–Crippen LogP) is 3.68. The van der Waals surface area contributed by atoms with E-state index in [9.17, 15) is 18.0 Å². The summed E-state index contributed by atoms with van der Waals surface area (Å²) in [6.45, 7) is 4.29. The second-order valence-electron chi connectivity index (χ2n) is 7.80. The maximum atomic E-state index is 13.1. The molecule has 0 saturated carbocycles. The molecule has 0 bridgehead atoms. The molecule has 0 aliphatic carbocycles. The van der Waals surface area contributed by atoms with Gasteiger partial charge in [0.1, 0.15) is 0 Å². The van der Waals surface area contributed by atoms with Gasteiger partial charge in [-0.3, -0.25) is 4.79 Å². The lowest BCUT2D eigenvalue weighted by Crippen LogP contribution is -2.36. The minimum absolute atomic E-state index is 0.0805. The zero-order chi connectivity index (χ0) is 23.3. The van der Waals surface area contributed by atoms with Crippen LogP contribution in [0.1, 0.15) is 47.7 Å². The summed E-state index contributed by atoms with van der Waals surface area (Å²) >= 11 is 6.08. The Kier molecular flexibility index (Phi) is 7.92. The summed E-state index contributed by atoms with van der Waals surface area (Å²) < 4.78 is 32.9.